The molecule has 45 heavy (non-hydrogen) atoms. The summed E-state index contributed by atoms with van der Waals surface area (Å²) in [7, 11) is -10.3. The molecule has 2 saturated heterocycles. The number of methoxy groups -OCH3 is 1. The van der Waals surface area contributed by atoms with E-state index in [1.165, 1.54) is 6.92 Å². The lowest BCUT2D eigenvalue weighted by Gasteiger charge is -2.44. The second kappa shape index (κ2) is 15.0. The van der Waals surface area contributed by atoms with Gasteiger partial charge in [-0.3, -0.25) is 28.2 Å². The molecule has 24 heteroatoms. The summed E-state index contributed by atoms with van der Waals surface area (Å²) in [4.78, 5) is 69.4. The third kappa shape index (κ3) is 9.33. The van der Waals surface area contributed by atoms with Gasteiger partial charge in [0.1, 0.15) is 42.7 Å². The van der Waals surface area contributed by atoms with E-state index in [0.717, 1.165) is 30.9 Å². The average molecular weight is 693 g/mol. The Hall–Kier alpha value is -2.40. The van der Waals surface area contributed by atoms with Crippen molar-refractivity contribution in [1.29, 1.82) is 0 Å². The molecule has 0 aliphatic carbocycles. The Morgan fingerprint density at radius 1 is 1.09 bits per heavy atom. The molecule has 3 heterocycles. The third-order valence-corrected chi connectivity index (χ3v) is 9.03. The number of amides is 1. The predicted octanol–water partition coefficient (Wildman–Crippen LogP) is -4.06. The van der Waals surface area contributed by atoms with Crippen LogP contribution in [0.25, 0.3) is 0 Å². The van der Waals surface area contributed by atoms with E-state index in [2.05, 4.69) is 18.9 Å². The van der Waals surface area contributed by atoms with Gasteiger partial charge in [0.25, 0.3) is 5.56 Å². The van der Waals surface area contributed by atoms with Crippen LogP contribution in [0.1, 0.15) is 20.1 Å². The molecule has 2 fully saturated rings. The van der Waals surface area contributed by atoms with Crippen LogP contribution in [0, 0.1) is 0 Å². The van der Waals surface area contributed by atoms with Crippen LogP contribution >= 0.6 is 15.6 Å². The summed E-state index contributed by atoms with van der Waals surface area (Å²) in [5.74, 6) is -1.72. The van der Waals surface area contributed by atoms with E-state index in [4.69, 9.17) is 18.7 Å². The highest BCUT2D eigenvalue weighted by atomic mass is 31.3. The monoisotopic (exact) mass is 693 g/mol. The maximum absolute atomic E-state index is 12.8. The molecule has 0 radical (unpaired) electrons. The van der Waals surface area contributed by atoms with E-state index < -0.39 is 113 Å². The predicted molar refractivity (Wildman–Crippen MR) is 141 cm³/mol. The van der Waals surface area contributed by atoms with Gasteiger partial charge in [-0.15, -0.1) is 0 Å². The summed E-state index contributed by atoms with van der Waals surface area (Å²) >= 11 is 0. The Balaban J connectivity index is 1.72. The first-order valence-electron chi connectivity index (χ1n) is 12.9. The molecule has 1 amide bonds. The Labute approximate surface area is 252 Å². The lowest BCUT2D eigenvalue weighted by atomic mass is 9.96. The molecule has 2 aliphatic rings. The number of aromatic amines is 1. The van der Waals surface area contributed by atoms with Gasteiger partial charge in [0, 0.05) is 19.2 Å². The zero-order chi connectivity index (χ0) is 33.9. The maximum atomic E-state index is 12.8. The topological polar surface area (TPSA) is 321 Å². The number of aliphatic hydroxyl groups excluding tert-OH is 4. The average Bonchev–Trinajstić information content (AvgIpc) is 3.22. The van der Waals surface area contributed by atoms with Gasteiger partial charge in [-0.25, -0.2) is 18.7 Å². The van der Waals surface area contributed by atoms with Crippen LogP contribution in [0.4, 0.5) is 0 Å². The molecule has 2 unspecified atom stereocenters. The minimum atomic E-state index is -5.72. The van der Waals surface area contributed by atoms with Crippen molar-refractivity contribution in [3.8, 4) is 0 Å². The number of nitrogens with one attached hydrogen (secondary N) is 2. The first kappa shape index (κ1) is 37.1. The summed E-state index contributed by atoms with van der Waals surface area (Å²) in [5.41, 5.74) is -1.78. The van der Waals surface area contributed by atoms with E-state index in [1.54, 1.807) is 0 Å². The molecule has 256 valence electrons. The van der Waals surface area contributed by atoms with Gasteiger partial charge in [-0.1, -0.05) is 0 Å². The highest BCUT2D eigenvalue weighted by Gasteiger charge is 2.52. The Morgan fingerprint density at radius 2 is 1.76 bits per heavy atom. The SMILES string of the molecule is COC(=O)[C@@H](C)O[C@H]1[C@H](O)[C@@H](CO)O[C@H](OP(=O)(O)OP(=O)(O)OC[C@H]2O[C@@H](n3ccc(=O)[nH]c3=O)[C@H](O)[C@@H]2O)[C@@H]1NC(C)=O. The van der Waals surface area contributed by atoms with E-state index in [-0.39, 0.29) is 0 Å². The number of phosphoric ester groups is 2. The number of H-pyrrole nitrogens is 1. The molecule has 0 aromatic carbocycles. The van der Waals surface area contributed by atoms with Gasteiger partial charge < -0.3 is 54.5 Å². The number of nitrogens with zero attached hydrogens (tertiary/aromatic N) is 1. The van der Waals surface area contributed by atoms with Gasteiger partial charge in [0.2, 0.25) is 5.91 Å². The van der Waals surface area contributed by atoms with Crippen molar-refractivity contribution in [1.82, 2.24) is 14.9 Å². The molecule has 2 aliphatic heterocycles. The number of carbonyl (C=O) groups is 2. The van der Waals surface area contributed by atoms with Crippen molar-refractivity contribution in [3.63, 3.8) is 0 Å². The number of carbonyl (C=O) groups excluding carboxylic acids is 2. The first-order chi connectivity index (χ1) is 20.9. The molecular weight excluding hydrogens is 660 g/mol. The molecule has 3 rings (SSSR count). The number of hydrogen-bond acceptors (Lipinski definition) is 17. The third-order valence-electron chi connectivity index (χ3n) is 6.43. The first-order valence-corrected chi connectivity index (χ1v) is 15.9. The molecule has 0 spiro atoms. The number of rotatable bonds is 13. The van der Waals surface area contributed by atoms with Crippen LogP contribution in [-0.2, 0) is 51.0 Å². The van der Waals surface area contributed by atoms with Crippen LogP contribution in [-0.4, -0.2) is 127 Å². The van der Waals surface area contributed by atoms with Crippen molar-refractivity contribution in [2.45, 2.75) is 75.1 Å². The standard InChI is InChI=1S/C21H33N3O19P2/c1-8(19(31)37-3)39-17-13(22-9(2)26)20(41-10(6-25)15(17)29)42-45(35,36)43-44(33,34)38-7-11-14(28)16(30)18(40-11)24-5-4-12(27)23-21(24)32/h4-5,8,10-11,13-18,20,25,28-30H,6-7H2,1-3H3,(H,22,26)(H,33,34)(H,35,36)(H,23,27,32)/t8-,10-,11-,13-,14-,15-,16-,17-,18-,20-/m1/s1. The highest BCUT2D eigenvalue weighted by molar-refractivity contribution is 7.61. The van der Waals surface area contributed by atoms with Crippen LogP contribution in [0.5, 0.6) is 0 Å². The van der Waals surface area contributed by atoms with E-state index in [9.17, 15) is 58.5 Å². The number of aliphatic hydroxyl groups is 4. The number of esters is 1. The van der Waals surface area contributed by atoms with Crippen molar-refractivity contribution >= 4 is 27.5 Å². The number of phosphoric acid groups is 2. The van der Waals surface area contributed by atoms with Crippen molar-refractivity contribution in [2.24, 2.45) is 0 Å². The van der Waals surface area contributed by atoms with E-state index >= 15 is 0 Å². The summed E-state index contributed by atoms with van der Waals surface area (Å²) in [5, 5.41) is 43.1. The molecule has 0 bridgehead atoms. The van der Waals surface area contributed by atoms with Crippen LogP contribution in [0.2, 0.25) is 0 Å². The second-order valence-corrected chi connectivity index (χ2v) is 12.7. The highest BCUT2D eigenvalue weighted by Crippen LogP contribution is 2.61. The number of hydrogen-bond donors (Lipinski definition) is 8. The van der Waals surface area contributed by atoms with E-state index in [0.29, 0.717) is 0 Å². The fraction of sp³-hybridized carbons (Fsp3) is 0.714. The quantitative estimate of drug-likeness (QED) is 0.0719. The van der Waals surface area contributed by atoms with Gasteiger partial charge in [-0.2, -0.15) is 4.31 Å². The molecule has 22 nitrogen and oxygen atoms in total. The smallest absolute Gasteiger partial charge is 0.467 e. The molecular formula is C21H33N3O19P2. The molecule has 1 aromatic heterocycles. The Kier molecular flexibility index (Phi) is 12.4. The zero-order valence-corrected chi connectivity index (χ0v) is 25.5. The minimum Gasteiger partial charge on any atom is -0.467 e. The van der Waals surface area contributed by atoms with Crippen molar-refractivity contribution < 1.29 is 81.2 Å². The minimum absolute atomic E-state index is 0.718. The fourth-order valence-corrected chi connectivity index (χ4v) is 6.53. The van der Waals surface area contributed by atoms with Gasteiger partial charge >= 0.3 is 27.3 Å². The lowest BCUT2D eigenvalue weighted by Crippen LogP contribution is -2.65. The maximum Gasteiger partial charge on any atom is 0.483 e. The van der Waals surface area contributed by atoms with Crippen LogP contribution < -0.4 is 16.6 Å². The number of ether oxygens (including phenoxy) is 4. The molecule has 0 saturated carbocycles. The summed E-state index contributed by atoms with van der Waals surface area (Å²) in [6, 6.07) is -0.765. The lowest BCUT2D eigenvalue weighted by molar-refractivity contribution is -0.262. The second-order valence-electron chi connectivity index (χ2n) is 9.69. The normalized spacial score (nSPS) is 33.5. The number of aromatic nitrogens is 2. The molecule has 8 N–H and O–H groups in total. The fourth-order valence-electron chi connectivity index (χ4n) is 4.36. The van der Waals surface area contributed by atoms with Crippen LogP contribution in [0.15, 0.2) is 21.9 Å². The van der Waals surface area contributed by atoms with Crippen LogP contribution in [0.3, 0.4) is 0 Å². The summed E-state index contributed by atoms with van der Waals surface area (Å²) in [6.07, 6.45) is -14.3. The van der Waals surface area contributed by atoms with Gasteiger partial charge in [0.05, 0.1) is 20.3 Å². The van der Waals surface area contributed by atoms with Crippen molar-refractivity contribution in [2.75, 3.05) is 20.3 Å². The van der Waals surface area contributed by atoms with Gasteiger partial charge in [-0.05, 0) is 6.92 Å². The summed E-state index contributed by atoms with van der Waals surface area (Å²) < 4.78 is 60.4. The van der Waals surface area contributed by atoms with Crippen molar-refractivity contribution in [3.05, 3.63) is 33.1 Å². The largest absolute Gasteiger partial charge is 0.483 e. The Bertz CT molecular complexity index is 1420. The Morgan fingerprint density at radius 3 is 2.33 bits per heavy atom. The van der Waals surface area contributed by atoms with E-state index in [1.807, 2.05) is 4.98 Å². The molecule has 12 atom stereocenters. The zero-order valence-electron chi connectivity index (χ0n) is 23.7. The van der Waals surface area contributed by atoms with Gasteiger partial charge in [0.15, 0.2) is 18.6 Å². The molecule has 1 aromatic rings. The summed E-state index contributed by atoms with van der Waals surface area (Å²) in [6.45, 7) is 0.226.